The highest BCUT2D eigenvalue weighted by Crippen LogP contribution is 2.58. The molecule has 113 heavy (non-hydrogen) atoms. The van der Waals surface area contributed by atoms with Crippen LogP contribution in [0.25, 0.3) is 124 Å². The van der Waals surface area contributed by atoms with Crippen molar-refractivity contribution in [3.63, 3.8) is 0 Å². The number of rotatable bonds is 12. The van der Waals surface area contributed by atoms with Gasteiger partial charge >= 0.3 is 0 Å². The van der Waals surface area contributed by atoms with Gasteiger partial charge in [0.15, 0.2) is 0 Å². The lowest BCUT2D eigenvalue weighted by atomic mass is 9.81. The third-order valence-electron chi connectivity index (χ3n) is 26.6. The van der Waals surface area contributed by atoms with Crippen molar-refractivity contribution in [2.45, 2.75) is 96.3 Å². The first-order valence-corrected chi connectivity index (χ1v) is 40.2. The van der Waals surface area contributed by atoms with Crippen molar-refractivity contribution < 1.29 is 0 Å². The Bertz CT molecular complexity index is 6390. The minimum atomic E-state index is -0.255. The van der Waals surface area contributed by atoms with Gasteiger partial charge in [-0.05, 0) is 262 Å². The van der Waals surface area contributed by atoms with Crippen LogP contribution in [-0.2, 0) is 27.1 Å². The Kier molecular flexibility index (Phi) is 15.1. The van der Waals surface area contributed by atoms with Gasteiger partial charge in [-0.2, -0.15) is 0 Å². The Morgan fingerprint density at radius 1 is 0.168 bits per heavy atom. The van der Waals surface area contributed by atoms with Crippen LogP contribution in [0.4, 0.5) is 34.1 Å². The molecule has 0 radical (unpaired) electrons. The zero-order chi connectivity index (χ0) is 76.6. The van der Waals surface area contributed by atoms with E-state index < -0.39 is 0 Å². The maximum atomic E-state index is 2.49. The summed E-state index contributed by atoms with van der Waals surface area (Å²) in [6.07, 6.45) is 9.26. The Balaban J connectivity index is 0.543. The molecule has 0 bridgehead atoms. The number of benzene rings is 16. The van der Waals surface area contributed by atoms with Crippen LogP contribution >= 0.6 is 0 Å². The summed E-state index contributed by atoms with van der Waals surface area (Å²) in [6.45, 7) is 24.0. The van der Waals surface area contributed by atoms with Crippen LogP contribution in [0.15, 0.2) is 328 Å². The molecule has 0 heterocycles. The average Bonchev–Trinajstić information content (AvgIpc) is 1.60. The third kappa shape index (κ3) is 10.7. The molecule has 2 nitrogen and oxygen atoms in total. The topological polar surface area (TPSA) is 6.48 Å². The number of hydrogen-bond acceptors (Lipinski definition) is 2. The van der Waals surface area contributed by atoms with Gasteiger partial charge in [0.2, 0.25) is 0 Å². The van der Waals surface area contributed by atoms with E-state index in [1.54, 1.807) is 0 Å². The van der Waals surface area contributed by atoms with Crippen molar-refractivity contribution in [1.29, 1.82) is 0 Å². The van der Waals surface area contributed by atoms with Crippen molar-refractivity contribution in [3.05, 3.63) is 405 Å². The number of hydrogen-bond donors (Lipinski definition) is 0. The van der Waals surface area contributed by atoms with Crippen molar-refractivity contribution in [2.24, 2.45) is 0 Å². The van der Waals surface area contributed by atoms with Crippen LogP contribution in [0.2, 0.25) is 0 Å². The summed E-state index contributed by atoms with van der Waals surface area (Å²) in [5.41, 5.74) is 42.2. The molecule has 0 atom stereocenters. The zero-order valence-electron chi connectivity index (χ0n) is 65.9. The summed E-state index contributed by atoms with van der Waals surface area (Å²) < 4.78 is 0. The first kappa shape index (κ1) is 68.2. The van der Waals surface area contributed by atoms with Crippen LogP contribution in [0, 0.1) is 0 Å². The van der Waals surface area contributed by atoms with E-state index >= 15 is 0 Å². The summed E-state index contributed by atoms with van der Waals surface area (Å²) in [7, 11) is 0. The standard InChI is InChI=1S/C111H88N2/c1-107(2)97-31-17-15-29-87(97)93-53-45-83(65-103(93)107)112(81-27-19-25-77(63-81)79-43-41-73-21-11-13-23-75(73)61-79)85-47-55-95-91-51-39-71(59-101(91)110(7,8)105(95)67-85)35-33-69-37-49-89-90-50-38-70(58-100(90)109(5,6)99(89)57-69)34-36-72-40-52-92-96-56-48-86(68-106(96)111(9,10)102(92)60-72)113(84-46-54-94-88-30-16-18-32-98(88)108(3,4)104(94)66-84)82-28-20-26-78(64-82)80-44-42-74-22-12-14-24-76(74)62-80/h11-68H,1-10H3/b35-33+,36-34+. The maximum Gasteiger partial charge on any atom is 0.0467 e. The second-order valence-corrected chi connectivity index (χ2v) is 34.9. The van der Waals surface area contributed by atoms with Gasteiger partial charge in [-0.1, -0.05) is 336 Å². The van der Waals surface area contributed by atoms with Crippen molar-refractivity contribution in [2.75, 3.05) is 9.80 Å². The smallest absolute Gasteiger partial charge is 0.0467 e. The molecule has 0 aliphatic heterocycles. The van der Waals surface area contributed by atoms with Crippen molar-refractivity contribution >= 4 is 80.0 Å². The fraction of sp³-hybridized carbons (Fsp3) is 0.135. The molecule has 16 aromatic rings. The molecule has 16 aromatic carbocycles. The molecular formula is C111H88N2. The zero-order valence-corrected chi connectivity index (χ0v) is 65.9. The third-order valence-corrected chi connectivity index (χ3v) is 26.6. The van der Waals surface area contributed by atoms with E-state index in [0.29, 0.717) is 0 Å². The normalized spacial score (nSPS) is 15.3. The molecule has 21 rings (SSSR count). The second kappa shape index (κ2) is 25.1. The fourth-order valence-corrected chi connectivity index (χ4v) is 20.3. The molecular weight excluding hydrogens is 1360 g/mol. The molecule has 0 saturated heterocycles. The van der Waals surface area contributed by atoms with Gasteiger partial charge in [0.05, 0.1) is 0 Å². The molecule has 542 valence electrons. The summed E-state index contributed by atoms with van der Waals surface area (Å²) in [5.74, 6) is 0. The van der Waals surface area contributed by atoms with E-state index in [-0.39, 0.29) is 27.1 Å². The van der Waals surface area contributed by atoms with E-state index in [2.05, 4.69) is 431 Å². The summed E-state index contributed by atoms with van der Waals surface area (Å²) >= 11 is 0. The lowest BCUT2D eigenvalue weighted by Crippen LogP contribution is -2.18. The van der Waals surface area contributed by atoms with Crippen LogP contribution in [0.1, 0.15) is 147 Å². The monoisotopic (exact) mass is 1450 g/mol. The Hall–Kier alpha value is -12.9. The number of fused-ring (bicyclic) bond motifs is 17. The first-order valence-electron chi connectivity index (χ1n) is 40.2. The van der Waals surface area contributed by atoms with Crippen LogP contribution < -0.4 is 9.80 Å². The van der Waals surface area contributed by atoms with Crippen LogP contribution in [0.5, 0.6) is 0 Å². The van der Waals surface area contributed by atoms with E-state index in [1.165, 1.54) is 177 Å². The lowest BCUT2D eigenvalue weighted by molar-refractivity contribution is 0.659. The van der Waals surface area contributed by atoms with Gasteiger partial charge in [-0.15, -0.1) is 0 Å². The summed E-state index contributed by atoms with van der Waals surface area (Å²) in [6, 6.07) is 124. The van der Waals surface area contributed by atoms with Crippen molar-refractivity contribution in [3.8, 4) is 77.9 Å². The number of anilines is 6. The minimum absolute atomic E-state index is 0.143. The van der Waals surface area contributed by atoms with Gasteiger partial charge < -0.3 is 9.80 Å². The molecule has 0 saturated carbocycles. The highest BCUT2D eigenvalue weighted by Gasteiger charge is 2.42. The molecule has 0 spiro atoms. The van der Waals surface area contributed by atoms with E-state index in [1.807, 2.05) is 0 Å². The SMILES string of the molecule is CC1(C)c2cc(/C=C/c3ccc4c(c3)C(C)(C)c3cc(N(c5cccc(-c6ccc7ccccc7c6)c5)c5ccc6c(c5)C(C)(C)c5ccccc5-6)ccc3-4)ccc2-c2ccc(/C=C/c3ccc4c(c3)C(C)(C)c3cc(N(c5cccc(-c6ccc7ccccc7c6)c5)c5ccc6c(c5)C(C)(C)c5ccccc5-6)ccc3-4)cc21. The quantitative estimate of drug-likeness (QED) is 0.113. The van der Waals surface area contributed by atoms with Crippen LogP contribution in [-0.4, -0.2) is 0 Å². The summed E-state index contributed by atoms with van der Waals surface area (Å²) in [4.78, 5) is 4.98. The molecule has 0 amide bonds. The Labute approximate surface area is 665 Å². The van der Waals surface area contributed by atoms with Crippen LogP contribution in [0.3, 0.4) is 0 Å². The lowest BCUT2D eigenvalue weighted by Gasteiger charge is -2.30. The summed E-state index contributed by atoms with van der Waals surface area (Å²) in [5, 5.41) is 4.98. The fourth-order valence-electron chi connectivity index (χ4n) is 20.3. The highest BCUT2D eigenvalue weighted by molar-refractivity contribution is 5.96. The first-order chi connectivity index (χ1) is 54.7. The van der Waals surface area contributed by atoms with Gasteiger partial charge in [-0.3, -0.25) is 0 Å². The predicted molar refractivity (Wildman–Crippen MR) is 480 cm³/mol. The van der Waals surface area contributed by atoms with E-state index in [9.17, 15) is 0 Å². The maximum absolute atomic E-state index is 2.49. The van der Waals surface area contributed by atoms with E-state index in [4.69, 9.17) is 0 Å². The molecule has 5 aliphatic carbocycles. The van der Waals surface area contributed by atoms with Gasteiger partial charge in [0.1, 0.15) is 0 Å². The average molecular weight is 1450 g/mol. The van der Waals surface area contributed by atoms with Gasteiger partial charge in [0.25, 0.3) is 0 Å². The second-order valence-electron chi connectivity index (χ2n) is 34.9. The van der Waals surface area contributed by atoms with Gasteiger partial charge in [0, 0.05) is 61.2 Å². The molecule has 0 fully saturated rings. The Morgan fingerprint density at radius 2 is 0.407 bits per heavy atom. The molecule has 0 unspecified atom stereocenters. The largest absolute Gasteiger partial charge is 0.310 e. The predicted octanol–water partition coefficient (Wildman–Crippen LogP) is 30.1. The highest BCUT2D eigenvalue weighted by atomic mass is 15.1. The minimum Gasteiger partial charge on any atom is -0.310 e. The molecule has 2 heteroatoms. The Morgan fingerprint density at radius 3 is 0.726 bits per heavy atom. The van der Waals surface area contributed by atoms with E-state index in [0.717, 1.165) is 34.1 Å². The molecule has 0 N–H and O–H groups in total. The van der Waals surface area contributed by atoms with Crippen molar-refractivity contribution in [1.82, 2.24) is 0 Å². The molecule has 5 aliphatic rings. The van der Waals surface area contributed by atoms with Gasteiger partial charge in [-0.25, -0.2) is 0 Å². The molecule has 0 aromatic heterocycles. The number of nitrogens with zero attached hydrogens (tertiary/aromatic N) is 2.